The van der Waals surface area contributed by atoms with E-state index in [0.717, 1.165) is 15.3 Å². The largest absolute Gasteiger partial charge is 0.370 e. The fourth-order valence-corrected chi connectivity index (χ4v) is 3.44. The van der Waals surface area contributed by atoms with Gasteiger partial charge in [0.15, 0.2) is 0 Å². The van der Waals surface area contributed by atoms with Gasteiger partial charge in [0.2, 0.25) is 5.91 Å². The maximum Gasteiger partial charge on any atom is 0.219 e. The Kier molecular flexibility index (Phi) is 4.13. The summed E-state index contributed by atoms with van der Waals surface area (Å²) >= 11 is 8.04. The molecule has 102 valence electrons. The smallest absolute Gasteiger partial charge is 0.219 e. The number of primary amides is 1. The van der Waals surface area contributed by atoms with E-state index >= 15 is 0 Å². The Bertz CT molecular complexity index is 607. The van der Waals surface area contributed by atoms with E-state index in [1.807, 2.05) is 32.0 Å². The molecular weight excluding hydrogens is 280 g/mol. The lowest BCUT2D eigenvalue weighted by Gasteiger charge is -2.24. The summed E-state index contributed by atoms with van der Waals surface area (Å²) in [6, 6.07) is 8.06. The first-order chi connectivity index (χ1) is 8.89. The molecule has 0 atom stereocenters. The van der Waals surface area contributed by atoms with Crippen LogP contribution in [0.25, 0.3) is 10.1 Å². The van der Waals surface area contributed by atoms with E-state index in [1.165, 1.54) is 4.70 Å². The first-order valence-corrected chi connectivity index (χ1v) is 7.28. The molecule has 19 heavy (non-hydrogen) atoms. The predicted octanol–water partition coefficient (Wildman–Crippen LogP) is 3.30. The molecular formula is C14H17ClN2OS. The second kappa shape index (κ2) is 5.49. The summed E-state index contributed by atoms with van der Waals surface area (Å²) in [5, 5.41) is 5.21. The van der Waals surface area contributed by atoms with Crippen molar-refractivity contribution in [2.75, 3.05) is 0 Å². The summed E-state index contributed by atoms with van der Waals surface area (Å²) in [5.41, 5.74) is 4.91. The van der Waals surface area contributed by atoms with Gasteiger partial charge < -0.3 is 11.1 Å². The summed E-state index contributed by atoms with van der Waals surface area (Å²) in [6.07, 6.45) is 0.301. The normalized spacial score (nSPS) is 11.9. The van der Waals surface area contributed by atoms with Crippen LogP contribution in [0, 0.1) is 0 Å². The second-order valence-corrected chi connectivity index (χ2v) is 6.73. The lowest BCUT2D eigenvalue weighted by atomic mass is 10.0. The van der Waals surface area contributed by atoms with Crippen LogP contribution in [0.2, 0.25) is 5.02 Å². The number of carbonyl (C=O) groups excluding carboxylic acids is 1. The van der Waals surface area contributed by atoms with Gasteiger partial charge in [-0.25, -0.2) is 0 Å². The Hall–Kier alpha value is -1.10. The van der Waals surface area contributed by atoms with Crippen LogP contribution in [-0.4, -0.2) is 11.4 Å². The van der Waals surface area contributed by atoms with Crippen molar-refractivity contribution in [1.29, 1.82) is 0 Å². The number of halogens is 1. The monoisotopic (exact) mass is 296 g/mol. The lowest BCUT2D eigenvalue weighted by Crippen LogP contribution is -2.42. The van der Waals surface area contributed by atoms with E-state index in [4.69, 9.17) is 17.3 Å². The third-order valence-corrected chi connectivity index (χ3v) is 4.66. The minimum atomic E-state index is -0.328. The highest BCUT2D eigenvalue weighted by Crippen LogP contribution is 2.35. The van der Waals surface area contributed by atoms with Crippen LogP contribution in [0.15, 0.2) is 24.3 Å². The van der Waals surface area contributed by atoms with E-state index in [1.54, 1.807) is 11.3 Å². The van der Waals surface area contributed by atoms with E-state index in [9.17, 15) is 4.79 Å². The Labute approximate surface area is 121 Å². The maximum atomic E-state index is 11.0. The topological polar surface area (TPSA) is 55.1 Å². The molecule has 3 nitrogen and oxygen atoms in total. The molecule has 0 unspecified atom stereocenters. The van der Waals surface area contributed by atoms with Crippen molar-refractivity contribution in [3.05, 3.63) is 34.2 Å². The molecule has 5 heteroatoms. The van der Waals surface area contributed by atoms with Crippen LogP contribution in [0.1, 0.15) is 25.1 Å². The maximum absolute atomic E-state index is 11.0. The molecule has 0 saturated heterocycles. The number of hydrogen-bond acceptors (Lipinski definition) is 3. The highest BCUT2D eigenvalue weighted by molar-refractivity contribution is 7.19. The van der Waals surface area contributed by atoms with Crippen LogP contribution in [-0.2, 0) is 11.3 Å². The van der Waals surface area contributed by atoms with Crippen molar-refractivity contribution in [3.8, 4) is 0 Å². The van der Waals surface area contributed by atoms with Crippen LogP contribution in [0.3, 0.4) is 0 Å². The number of thiophene rings is 1. The zero-order valence-corrected chi connectivity index (χ0v) is 12.6. The minimum absolute atomic E-state index is 0.301. The van der Waals surface area contributed by atoms with Gasteiger partial charge in [0.1, 0.15) is 0 Å². The molecule has 0 radical (unpaired) electrons. The zero-order chi connectivity index (χ0) is 14.0. The SMILES string of the molecule is CC(C)(CC(N)=O)NCc1sc2ccccc2c1Cl. The summed E-state index contributed by atoms with van der Waals surface area (Å²) in [4.78, 5) is 12.1. The summed E-state index contributed by atoms with van der Waals surface area (Å²) in [5.74, 6) is -0.306. The van der Waals surface area contributed by atoms with Crippen LogP contribution in [0.4, 0.5) is 0 Å². The Balaban J connectivity index is 2.14. The van der Waals surface area contributed by atoms with Crippen molar-refractivity contribution in [1.82, 2.24) is 5.32 Å². The van der Waals surface area contributed by atoms with E-state index in [2.05, 4.69) is 11.4 Å². The molecule has 0 aliphatic rings. The van der Waals surface area contributed by atoms with Gasteiger partial charge in [0.25, 0.3) is 0 Å². The quantitative estimate of drug-likeness (QED) is 0.889. The third-order valence-electron chi connectivity index (χ3n) is 2.95. The van der Waals surface area contributed by atoms with Gasteiger partial charge in [0, 0.05) is 33.5 Å². The standard InChI is InChI=1S/C14H17ClN2OS/c1-14(2,7-12(16)18)17-8-11-13(15)9-5-3-4-6-10(9)19-11/h3-6,17H,7-8H2,1-2H3,(H2,16,18). The summed E-state index contributed by atoms with van der Waals surface area (Å²) in [6.45, 7) is 4.55. The fraction of sp³-hybridized carbons (Fsp3) is 0.357. The molecule has 3 N–H and O–H groups in total. The second-order valence-electron chi connectivity index (χ2n) is 5.22. The highest BCUT2D eigenvalue weighted by atomic mass is 35.5. The Morgan fingerprint density at radius 3 is 2.74 bits per heavy atom. The number of hydrogen-bond donors (Lipinski definition) is 2. The fourth-order valence-electron chi connectivity index (χ4n) is 2.00. The molecule has 0 spiro atoms. The molecule has 2 aromatic rings. The van der Waals surface area contributed by atoms with Crippen LogP contribution in [0.5, 0.6) is 0 Å². The number of nitrogens with two attached hydrogens (primary N) is 1. The van der Waals surface area contributed by atoms with Crippen LogP contribution >= 0.6 is 22.9 Å². The van der Waals surface area contributed by atoms with Crippen molar-refractivity contribution in [3.63, 3.8) is 0 Å². The predicted molar refractivity (Wildman–Crippen MR) is 81.6 cm³/mol. The van der Waals surface area contributed by atoms with E-state index < -0.39 is 0 Å². The van der Waals surface area contributed by atoms with Crippen molar-refractivity contribution < 1.29 is 4.79 Å². The number of fused-ring (bicyclic) bond motifs is 1. The minimum Gasteiger partial charge on any atom is -0.370 e. The van der Waals surface area contributed by atoms with E-state index in [-0.39, 0.29) is 11.4 Å². The molecule has 0 aliphatic heterocycles. The highest BCUT2D eigenvalue weighted by Gasteiger charge is 2.21. The summed E-state index contributed by atoms with van der Waals surface area (Å²) in [7, 11) is 0. The van der Waals surface area contributed by atoms with Crippen molar-refractivity contribution >= 4 is 38.9 Å². The molecule has 1 aromatic heterocycles. The molecule has 1 heterocycles. The molecule has 1 amide bonds. The van der Waals surface area contributed by atoms with Gasteiger partial charge in [-0.3, -0.25) is 4.79 Å². The van der Waals surface area contributed by atoms with Gasteiger partial charge in [-0.15, -0.1) is 11.3 Å². The molecule has 2 rings (SSSR count). The van der Waals surface area contributed by atoms with Gasteiger partial charge in [-0.1, -0.05) is 29.8 Å². The molecule has 0 bridgehead atoms. The summed E-state index contributed by atoms with van der Waals surface area (Å²) < 4.78 is 1.18. The third kappa shape index (κ3) is 3.47. The van der Waals surface area contributed by atoms with Gasteiger partial charge >= 0.3 is 0 Å². The number of benzene rings is 1. The number of nitrogens with one attached hydrogen (secondary N) is 1. The Morgan fingerprint density at radius 1 is 1.42 bits per heavy atom. The molecule has 1 aromatic carbocycles. The van der Waals surface area contributed by atoms with Crippen molar-refractivity contribution in [2.45, 2.75) is 32.4 Å². The van der Waals surface area contributed by atoms with Gasteiger partial charge in [0.05, 0.1) is 5.02 Å². The van der Waals surface area contributed by atoms with Crippen LogP contribution < -0.4 is 11.1 Å². The average Bonchev–Trinajstić information content (AvgIpc) is 2.63. The zero-order valence-electron chi connectivity index (χ0n) is 11.0. The molecule has 0 saturated carbocycles. The van der Waals surface area contributed by atoms with Gasteiger partial charge in [-0.05, 0) is 19.9 Å². The number of amides is 1. The first kappa shape index (κ1) is 14.3. The van der Waals surface area contributed by atoms with Crippen molar-refractivity contribution in [2.24, 2.45) is 5.73 Å². The number of rotatable bonds is 5. The number of carbonyl (C=O) groups is 1. The first-order valence-electron chi connectivity index (χ1n) is 6.08. The molecule has 0 aliphatic carbocycles. The van der Waals surface area contributed by atoms with E-state index in [0.29, 0.717) is 13.0 Å². The lowest BCUT2D eigenvalue weighted by molar-refractivity contribution is -0.119. The average molecular weight is 297 g/mol. The Morgan fingerprint density at radius 2 is 2.11 bits per heavy atom. The van der Waals surface area contributed by atoms with Gasteiger partial charge in [-0.2, -0.15) is 0 Å². The molecule has 0 fully saturated rings.